The number of hydrogen-bond acceptors (Lipinski definition) is 1. The molecule has 1 aliphatic carbocycles. The minimum Gasteiger partial charge on any atom is -0.299 e. The minimum atomic E-state index is 0.360. The average Bonchev–Trinajstić information content (AvgIpc) is 2.31. The Bertz CT molecular complexity index is 122. The van der Waals surface area contributed by atoms with E-state index in [0.717, 1.165) is 32.1 Å². The van der Waals surface area contributed by atoms with Crippen molar-refractivity contribution in [2.75, 3.05) is 5.88 Å². The number of Topliss-reactive ketones (excluding diaryl/α,β-unsaturated/α-hetero) is 1. The maximum atomic E-state index is 11.0. The van der Waals surface area contributed by atoms with Crippen molar-refractivity contribution in [1.82, 2.24) is 0 Å². The van der Waals surface area contributed by atoms with Gasteiger partial charge in [0.05, 0.1) is 0 Å². The first kappa shape index (κ1) is 8.06. The largest absolute Gasteiger partial charge is 0.299 e. The molecule has 1 aliphatic rings. The molecule has 0 spiro atoms. The SMILES string of the molecule is O=C1CCCC1CCCCl. The van der Waals surface area contributed by atoms with Crippen molar-refractivity contribution >= 4 is 17.4 Å². The Labute approximate surface area is 66.8 Å². The third kappa shape index (κ3) is 1.98. The summed E-state index contributed by atoms with van der Waals surface area (Å²) in [6.07, 6.45) is 5.04. The summed E-state index contributed by atoms with van der Waals surface area (Å²) < 4.78 is 0. The van der Waals surface area contributed by atoms with Gasteiger partial charge in [-0.2, -0.15) is 0 Å². The van der Waals surface area contributed by atoms with Crippen molar-refractivity contribution in [3.8, 4) is 0 Å². The first-order valence-corrected chi connectivity index (χ1v) is 4.46. The highest BCUT2D eigenvalue weighted by Crippen LogP contribution is 2.25. The van der Waals surface area contributed by atoms with Gasteiger partial charge < -0.3 is 0 Å². The van der Waals surface area contributed by atoms with Gasteiger partial charge in [0.2, 0.25) is 0 Å². The minimum absolute atomic E-state index is 0.360. The summed E-state index contributed by atoms with van der Waals surface area (Å²) in [5, 5.41) is 0. The highest BCUT2D eigenvalue weighted by atomic mass is 35.5. The normalized spacial score (nSPS) is 25.7. The van der Waals surface area contributed by atoms with E-state index in [1.165, 1.54) is 0 Å². The molecule has 0 aliphatic heterocycles. The van der Waals surface area contributed by atoms with Crippen molar-refractivity contribution in [2.45, 2.75) is 32.1 Å². The molecule has 0 saturated heterocycles. The number of halogens is 1. The maximum Gasteiger partial charge on any atom is 0.135 e. The van der Waals surface area contributed by atoms with E-state index in [1.807, 2.05) is 0 Å². The van der Waals surface area contributed by atoms with Crippen LogP contribution < -0.4 is 0 Å². The zero-order valence-corrected chi connectivity index (χ0v) is 6.86. The van der Waals surface area contributed by atoms with E-state index in [4.69, 9.17) is 11.6 Å². The fraction of sp³-hybridized carbons (Fsp3) is 0.875. The molecule has 1 saturated carbocycles. The molecule has 0 amide bonds. The number of carbonyl (C=O) groups excluding carboxylic acids is 1. The molecule has 0 bridgehead atoms. The van der Waals surface area contributed by atoms with Crippen LogP contribution in [0, 0.1) is 5.92 Å². The number of ketones is 1. The molecule has 1 nitrogen and oxygen atoms in total. The van der Waals surface area contributed by atoms with Gasteiger partial charge in [0, 0.05) is 18.2 Å². The molecule has 2 heteroatoms. The van der Waals surface area contributed by atoms with Gasteiger partial charge in [-0.3, -0.25) is 4.79 Å². The number of rotatable bonds is 3. The average molecular weight is 161 g/mol. The van der Waals surface area contributed by atoms with E-state index in [-0.39, 0.29) is 0 Å². The monoisotopic (exact) mass is 160 g/mol. The molecule has 0 aromatic heterocycles. The first-order chi connectivity index (χ1) is 4.84. The summed E-state index contributed by atoms with van der Waals surface area (Å²) in [5.41, 5.74) is 0. The maximum absolute atomic E-state index is 11.0. The second kappa shape index (κ2) is 3.97. The summed E-state index contributed by atoms with van der Waals surface area (Å²) >= 11 is 5.52. The molecule has 0 N–H and O–H groups in total. The van der Waals surface area contributed by atoms with E-state index in [0.29, 0.717) is 17.6 Å². The number of hydrogen-bond donors (Lipinski definition) is 0. The third-order valence-corrected chi connectivity index (χ3v) is 2.38. The van der Waals surface area contributed by atoms with Crippen LogP contribution in [0.5, 0.6) is 0 Å². The molecule has 0 aromatic rings. The molecule has 0 radical (unpaired) electrons. The number of carbonyl (C=O) groups is 1. The molecule has 1 unspecified atom stereocenters. The lowest BCUT2D eigenvalue weighted by Crippen LogP contribution is -2.05. The highest BCUT2D eigenvalue weighted by Gasteiger charge is 2.22. The van der Waals surface area contributed by atoms with Gasteiger partial charge in [0.1, 0.15) is 5.78 Å². The molecular weight excluding hydrogens is 148 g/mol. The van der Waals surface area contributed by atoms with E-state index >= 15 is 0 Å². The van der Waals surface area contributed by atoms with Crippen LogP contribution in [0.1, 0.15) is 32.1 Å². The van der Waals surface area contributed by atoms with Crippen LogP contribution in [0.3, 0.4) is 0 Å². The lowest BCUT2D eigenvalue weighted by molar-refractivity contribution is -0.120. The molecule has 1 rings (SSSR count). The van der Waals surface area contributed by atoms with Crippen LogP contribution in [0.4, 0.5) is 0 Å². The van der Waals surface area contributed by atoms with Gasteiger partial charge in [-0.05, 0) is 25.7 Å². The molecule has 1 atom stereocenters. The number of alkyl halides is 1. The predicted octanol–water partition coefficient (Wildman–Crippen LogP) is 2.37. The standard InChI is InChI=1S/C8H13ClO/c9-6-2-4-7-3-1-5-8(7)10/h7H,1-6H2. The molecule has 58 valence electrons. The van der Waals surface area contributed by atoms with Crippen molar-refractivity contribution in [2.24, 2.45) is 5.92 Å². The lowest BCUT2D eigenvalue weighted by Gasteiger charge is -2.03. The van der Waals surface area contributed by atoms with Gasteiger partial charge in [-0.15, -0.1) is 11.6 Å². The Morgan fingerprint density at radius 2 is 2.40 bits per heavy atom. The van der Waals surface area contributed by atoms with E-state index in [9.17, 15) is 4.79 Å². The van der Waals surface area contributed by atoms with Crippen LogP contribution in [-0.4, -0.2) is 11.7 Å². The predicted molar refractivity (Wildman–Crippen MR) is 42.3 cm³/mol. The lowest BCUT2D eigenvalue weighted by atomic mass is 10.0. The van der Waals surface area contributed by atoms with Crippen molar-refractivity contribution in [3.63, 3.8) is 0 Å². The molecule has 0 aromatic carbocycles. The second-order valence-electron chi connectivity index (χ2n) is 2.89. The topological polar surface area (TPSA) is 17.1 Å². The quantitative estimate of drug-likeness (QED) is 0.580. The van der Waals surface area contributed by atoms with Gasteiger partial charge in [0.25, 0.3) is 0 Å². The van der Waals surface area contributed by atoms with Gasteiger partial charge >= 0.3 is 0 Å². The zero-order valence-electron chi connectivity index (χ0n) is 6.11. The van der Waals surface area contributed by atoms with Gasteiger partial charge in [-0.1, -0.05) is 0 Å². The fourth-order valence-corrected chi connectivity index (χ4v) is 1.67. The first-order valence-electron chi connectivity index (χ1n) is 3.93. The van der Waals surface area contributed by atoms with Crippen molar-refractivity contribution in [1.29, 1.82) is 0 Å². The summed E-state index contributed by atoms with van der Waals surface area (Å²) in [6, 6.07) is 0. The van der Waals surface area contributed by atoms with Gasteiger partial charge in [-0.25, -0.2) is 0 Å². The van der Waals surface area contributed by atoms with Crippen LogP contribution >= 0.6 is 11.6 Å². The molecule has 10 heavy (non-hydrogen) atoms. The summed E-state index contributed by atoms with van der Waals surface area (Å²) in [7, 11) is 0. The van der Waals surface area contributed by atoms with Crippen LogP contribution in [-0.2, 0) is 4.79 Å². The fourth-order valence-electron chi connectivity index (χ4n) is 1.52. The Morgan fingerprint density at radius 3 is 2.90 bits per heavy atom. The van der Waals surface area contributed by atoms with E-state index in [1.54, 1.807) is 0 Å². The Morgan fingerprint density at radius 1 is 1.60 bits per heavy atom. The van der Waals surface area contributed by atoms with Gasteiger partial charge in [0.15, 0.2) is 0 Å². The van der Waals surface area contributed by atoms with Crippen LogP contribution in [0.2, 0.25) is 0 Å². The Balaban J connectivity index is 2.20. The Kier molecular flexibility index (Phi) is 3.20. The van der Waals surface area contributed by atoms with Crippen LogP contribution in [0.25, 0.3) is 0 Å². The van der Waals surface area contributed by atoms with Crippen molar-refractivity contribution in [3.05, 3.63) is 0 Å². The van der Waals surface area contributed by atoms with E-state index < -0.39 is 0 Å². The zero-order chi connectivity index (χ0) is 7.40. The summed E-state index contributed by atoms with van der Waals surface area (Å²) in [4.78, 5) is 11.0. The van der Waals surface area contributed by atoms with Crippen LogP contribution in [0.15, 0.2) is 0 Å². The van der Waals surface area contributed by atoms with E-state index in [2.05, 4.69) is 0 Å². The Hall–Kier alpha value is -0.0400. The molecule has 0 heterocycles. The third-order valence-electron chi connectivity index (χ3n) is 2.12. The molecule has 1 fully saturated rings. The summed E-state index contributed by atoms with van der Waals surface area (Å²) in [5.74, 6) is 1.52. The molecular formula is C8H13ClO. The van der Waals surface area contributed by atoms with Crippen molar-refractivity contribution < 1.29 is 4.79 Å². The second-order valence-corrected chi connectivity index (χ2v) is 3.26. The summed E-state index contributed by atoms with van der Waals surface area (Å²) in [6.45, 7) is 0. The highest BCUT2D eigenvalue weighted by molar-refractivity contribution is 6.17. The smallest absolute Gasteiger partial charge is 0.135 e.